The topological polar surface area (TPSA) is 84.1 Å². The number of aromatic hydroxyl groups is 1. The van der Waals surface area contributed by atoms with Crippen molar-refractivity contribution in [3.05, 3.63) is 59.9 Å². The molecular formula is C15H11FN2O4. The number of aromatic carboxylic acids is 1. The van der Waals surface area contributed by atoms with Crippen molar-refractivity contribution in [1.29, 1.82) is 0 Å². The SMILES string of the molecule is O=C(O)c1nc(COc2ccccc2F)n2cc(O)ccc12. The second-order valence-electron chi connectivity index (χ2n) is 4.54. The van der Waals surface area contributed by atoms with E-state index < -0.39 is 11.8 Å². The number of benzene rings is 1. The Balaban J connectivity index is 1.98. The largest absolute Gasteiger partial charge is 0.506 e. The molecule has 0 amide bonds. The predicted molar refractivity (Wildman–Crippen MR) is 74.5 cm³/mol. The number of carbonyl (C=O) groups is 1. The van der Waals surface area contributed by atoms with Crippen LogP contribution in [0.4, 0.5) is 4.39 Å². The van der Waals surface area contributed by atoms with Gasteiger partial charge in [-0.05, 0) is 24.3 Å². The molecule has 0 bridgehead atoms. The van der Waals surface area contributed by atoms with Gasteiger partial charge in [0.1, 0.15) is 12.4 Å². The lowest BCUT2D eigenvalue weighted by molar-refractivity contribution is 0.0693. The Morgan fingerprint density at radius 3 is 2.77 bits per heavy atom. The second kappa shape index (κ2) is 5.36. The Hall–Kier alpha value is -3.09. The lowest BCUT2D eigenvalue weighted by Gasteiger charge is -2.06. The van der Waals surface area contributed by atoms with Crippen molar-refractivity contribution in [2.75, 3.05) is 0 Å². The molecule has 0 aliphatic heterocycles. The molecular weight excluding hydrogens is 291 g/mol. The molecule has 0 spiro atoms. The summed E-state index contributed by atoms with van der Waals surface area (Å²) >= 11 is 0. The van der Waals surface area contributed by atoms with Gasteiger partial charge in [0, 0.05) is 0 Å². The van der Waals surface area contributed by atoms with Crippen LogP contribution >= 0.6 is 0 Å². The van der Waals surface area contributed by atoms with Crippen molar-refractivity contribution in [1.82, 2.24) is 9.38 Å². The number of nitrogens with zero attached hydrogens (tertiary/aromatic N) is 2. The summed E-state index contributed by atoms with van der Waals surface area (Å²) in [6.45, 7) is -0.140. The van der Waals surface area contributed by atoms with E-state index in [0.717, 1.165) is 0 Å². The van der Waals surface area contributed by atoms with Crippen LogP contribution in [0.1, 0.15) is 16.3 Å². The van der Waals surface area contributed by atoms with Gasteiger partial charge in [-0.3, -0.25) is 4.40 Å². The molecule has 112 valence electrons. The molecule has 3 rings (SSSR count). The van der Waals surface area contributed by atoms with Gasteiger partial charge in [0.05, 0.1) is 11.7 Å². The Morgan fingerprint density at radius 2 is 2.05 bits per heavy atom. The molecule has 0 saturated carbocycles. The molecule has 2 N–H and O–H groups in total. The fraction of sp³-hybridized carbons (Fsp3) is 0.0667. The van der Waals surface area contributed by atoms with Crippen LogP contribution in [0.5, 0.6) is 11.5 Å². The van der Waals surface area contributed by atoms with Crippen molar-refractivity contribution < 1.29 is 24.1 Å². The third kappa shape index (κ3) is 2.44. The molecule has 0 aliphatic carbocycles. The molecule has 0 aliphatic rings. The first-order valence-corrected chi connectivity index (χ1v) is 6.37. The number of carboxylic acids is 1. The number of hydrogen-bond acceptors (Lipinski definition) is 4. The highest BCUT2D eigenvalue weighted by atomic mass is 19.1. The normalized spacial score (nSPS) is 10.8. The van der Waals surface area contributed by atoms with Crippen LogP contribution in [0, 0.1) is 5.82 Å². The second-order valence-corrected chi connectivity index (χ2v) is 4.54. The highest BCUT2D eigenvalue weighted by Crippen LogP contribution is 2.21. The molecule has 1 aromatic carbocycles. The van der Waals surface area contributed by atoms with Gasteiger partial charge in [-0.2, -0.15) is 0 Å². The first-order chi connectivity index (χ1) is 10.6. The fourth-order valence-electron chi connectivity index (χ4n) is 2.10. The molecule has 0 fully saturated rings. The molecule has 6 nitrogen and oxygen atoms in total. The number of aromatic nitrogens is 2. The molecule has 0 radical (unpaired) electrons. The van der Waals surface area contributed by atoms with E-state index in [-0.39, 0.29) is 29.6 Å². The van der Waals surface area contributed by atoms with E-state index in [9.17, 15) is 14.3 Å². The zero-order valence-corrected chi connectivity index (χ0v) is 11.2. The number of ether oxygens (including phenoxy) is 1. The number of fused-ring (bicyclic) bond motifs is 1. The quantitative estimate of drug-likeness (QED) is 0.773. The van der Waals surface area contributed by atoms with Gasteiger partial charge in [-0.15, -0.1) is 0 Å². The maximum atomic E-state index is 13.5. The Morgan fingerprint density at radius 1 is 1.27 bits per heavy atom. The summed E-state index contributed by atoms with van der Waals surface area (Å²) in [6.07, 6.45) is 1.33. The molecule has 2 aromatic heterocycles. The number of hydrogen-bond donors (Lipinski definition) is 2. The lowest BCUT2D eigenvalue weighted by atomic mass is 10.3. The van der Waals surface area contributed by atoms with Gasteiger partial charge in [-0.1, -0.05) is 12.1 Å². The monoisotopic (exact) mass is 302 g/mol. The smallest absolute Gasteiger partial charge is 0.356 e. The first-order valence-electron chi connectivity index (χ1n) is 6.37. The van der Waals surface area contributed by atoms with Gasteiger partial charge in [0.2, 0.25) is 0 Å². The summed E-state index contributed by atoms with van der Waals surface area (Å²) in [5.74, 6) is -1.48. The number of halogens is 1. The van der Waals surface area contributed by atoms with Crippen LogP contribution in [0.25, 0.3) is 5.52 Å². The molecule has 7 heteroatoms. The molecule has 2 heterocycles. The van der Waals surface area contributed by atoms with Crippen molar-refractivity contribution in [3.63, 3.8) is 0 Å². The van der Waals surface area contributed by atoms with Crippen LogP contribution in [0.3, 0.4) is 0 Å². The van der Waals surface area contributed by atoms with E-state index >= 15 is 0 Å². The van der Waals surface area contributed by atoms with Crippen LogP contribution in [-0.4, -0.2) is 25.6 Å². The summed E-state index contributed by atoms with van der Waals surface area (Å²) < 4.78 is 20.3. The number of imidazole rings is 1. The van der Waals surface area contributed by atoms with Crippen LogP contribution in [0.15, 0.2) is 42.6 Å². The molecule has 0 unspecified atom stereocenters. The Labute approximate surface area is 124 Å². The molecule has 0 saturated heterocycles. The Kier molecular flexibility index (Phi) is 3.38. The van der Waals surface area contributed by atoms with Crippen LogP contribution in [0.2, 0.25) is 0 Å². The number of carboxylic acid groups (broad SMARTS) is 1. The van der Waals surface area contributed by atoms with E-state index in [2.05, 4.69) is 4.98 Å². The van der Waals surface area contributed by atoms with Crippen molar-refractivity contribution in [3.8, 4) is 11.5 Å². The van der Waals surface area contributed by atoms with Gasteiger partial charge < -0.3 is 14.9 Å². The average Bonchev–Trinajstić information content (AvgIpc) is 2.84. The number of pyridine rings is 1. The summed E-state index contributed by atoms with van der Waals surface area (Å²) in [5.41, 5.74) is 0.157. The van der Waals surface area contributed by atoms with Gasteiger partial charge in [0.25, 0.3) is 0 Å². The van der Waals surface area contributed by atoms with E-state index in [1.807, 2.05) is 0 Å². The maximum absolute atomic E-state index is 13.5. The zero-order chi connectivity index (χ0) is 15.7. The van der Waals surface area contributed by atoms with E-state index in [1.165, 1.54) is 40.9 Å². The molecule has 0 atom stereocenters. The van der Waals surface area contributed by atoms with E-state index in [4.69, 9.17) is 9.84 Å². The highest BCUT2D eigenvalue weighted by Gasteiger charge is 2.17. The van der Waals surface area contributed by atoms with Gasteiger partial charge in [-0.25, -0.2) is 14.2 Å². The third-order valence-electron chi connectivity index (χ3n) is 3.09. The van der Waals surface area contributed by atoms with Crippen molar-refractivity contribution in [2.24, 2.45) is 0 Å². The minimum absolute atomic E-state index is 0.0382. The number of para-hydroxylation sites is 1. The standard InChI is InChI=1S/C15H11FN2O4/c16-10-3-1-2-4-12(10)22-8-13-17-14(15(20)21)11-6-5-9(19)7-18(11)13/h1-7,19H,8H2,(H,20,21). The predicted octanol–water partition coefficient (Wildman–Crippen LogP) is 2.46. The Bertz CT molecular complexity index is 860. The highest BCUT2D eigenvalue weighted by molar-refractivity contribution is 5.93. The first kappa shape index (κ1) is 13.9. The van der Waals surface area contributed by atoms with Crippen LogP contribution < -0.4 is 4.74 Å². The summed E-state index contributed by atoms with van der Waals surface area (Å²) in [7, 11) is 0. The van der Waals surface area contributed by atoms with E-state index in [1.54, 1.807) is 6.07 Å². The number of rotatable bonds is 4. The third-order valence-corrected chi connectivity index (χ3v) is 3.09. The van der Waals surface area contributed by atoms with Gasteiger partial charge >= 0.3 is 5.97 Å². The lowest BCUT2D eigenvalue weighted by Crippen LogP contribution is -2.02. The maximum Gasteiger partial charge on any atom is 0.356 e. The van der Waals surface area contributed by atoms with Crippen molar-refractivity contribution in [2.45, 2.75) is 6.61 Å². The minimum Gasteiger partial charge on any atom is -0.506 e. The molecule has 22 heavy (non-hydrogen) atoms. The molecule has 3 aromatic rings. The van der Waals surface area contributed by atoms with Gasteiger partial charge in [0.15, 0.2) is 23.1 Å². The van der Waals surface area contributed by atoms with Crippen molar-refractivity contribution >= 4 is 11.5 Å². The summed E-state index contributed by atoms with van der Waals surface area (Å²) in [6, 6.07) is 8.68. The van der Waals surface area contributed by atoms with Crippen LogP contribution in [-0.2, 0) is 6.61 Å². The van der Waals surface area contributed by atoms with E-state index in [0.29, 0.717) is 5.52 Å². The summed E-state index contributed by atoms with van der Waals surface area (Å²) in [5, 5.41) is 18.7. The fourth-order valence-corrected chi connectivity index (χ4v) is 2.10. The zero-order valence-electron chi connectivity index (χ0n) is 11.2. The minimum atomic E-state index is -1.19. The summed E-state index contributed by atoms with van der Waals surface area (Å²) in [4.78, 5) is 15.2. The average molecular weight is 302 g/mol.